The lowest BCUT2D eigenvalue weighted by Gasteiger charge is -2.31. The molecule has 1 aromatic carbocycles. The number of pyridine rings is 1. The van der Waals surface area contributed by atoms with Crippen molar-refractivity contribution in [1.29, 1.82) is 0 Å². The smallest absolute Gasteiger partial charge is 0.228 e. The fraction of sp³-hybridized carbons (Fsp3) is 0.519. The minimum Gasteiger partial charge on any atom is -0.353 e. The van der Waals surface area contributed by atoms with E-state index < -0.39 is 5.41 Å². The first-order valence-corrected chi connectivity index (χ1v) is 12.0. The van der Waals surface area contributed by atoms with E-state index in [2.05, 4.69) is 34.6 Å². The maximum absolute atomic E-state index is 13.4. The molecule has 2 aromatic rings. The Morgan fingerprint density at radius 2 is 1.97 bits per heavy atom. The molecule has 3 fully saturated rings. The minimum atomic E-state index is -0.574. The molecule has 2 saturated carbocycles. The van der Waals surface area contributed by atoms with Crippen LogP contribution in [-0.2, 0) is 16.0 Å². The van der Waals surface area contributed by atoms with Gasteiger partial charge in [0.2, 0.25) is 11.8 Å². The number of nitrogens with one attached hydrogen (secondary N) is 1. The number of rotatable bonds is 6. The second-order valence-electron chi connectivity index (χ2n) is 10.5. The van der Waals surface area contributed by atoms with Crippen LogP contribution in [-0.4, -0.2) is 40.8 Å². The van der Waals surface area contributed by atoms with Crippen LogP contribution in [0.3, 0.4) is 0 Å². The monoisotopic (exact) mass is 431 g/mol. The van der Waals surface area contributed by atoms with E-state index in [0.717, 1.165) is 23.1 Å². The summed E-state index contributed by atoms with van der Waals surface area (Å²) in [6.07, 6.45) is 9.72. The molecule has 0 unspecified atom stereocenters. The van der Waals surface area contributed by atoms with E-state index in [0.29, 0.717) is 31.3 Å². The average molecular weight is 432 g/mol. The molecule has 2 atom stereocenters. The first kappa shape index (κ1) is 21.2. The molecule has 1 aliphatic heterocycles. The third-order valence-corrected chi connectivity index (χ3v) is 7.87. The van der Waals surface area contributed by atoms with Gasteiger partial charge >= 0.3 is 0 Å². The molecule has 0 radical (unpaired) electrons. The second-order valence-corrected chi connectivity index (χ2v) is 10.5. The molecule has 2 aliphatic carbocycles. The highest BCUT2D eigenvalue weighted by Gasteiger charge is 2.62. The van der Waals surface area contributed by atoms with Crippen LogP contribution in [0.1, 0.15) is 51.5 Å². The van der Waals surface area contributed by atoms with Gasteiger partial charge in [0, 0.05) is 37.4 Å². The summed E-state index contributed by atoms with van der Waals surface area (Å²) in [5.41, 5.74) is 3.04. The van der Waals surface area contributed by atoms with Gasteiger partial charge in [-0.1, -0.05) is 36.8 Å². The fourth-order valence-corrected chi connectivity index (χ4v) is 5.77. The molecule has 5 heteroatoms. The number of likely N-dealkylation sites (tertiary alicyclic amines) is 1. The molecule has 1 aromatic heterocycles. The van der Waals surface area contributed by atoms with Gasteiger partial charge in [-0.3, -0.25) is 14.6 Å². The number of hydrogen-bond donors (Lipinski definition) is 1. The third-order valence-electron chi connectivity index (χ3n) is 7.87. The summed E-state index contributed by atoms with van der Waals surface area (Å²) in [6, 6.07) is 12.5. The number of carbonyl (C=O) groups excluding carboxylic acids is 2. The minimum absolute atomic E-state index is 0.0729. The molecule has 5 rings (SSSR count). The van der Waals surface area contributed by atoms with Gasteiger partial charge in [-0.25, -0.2) is 0 Å². The van der Waals surface area contributed by atoms with E-state index in [9.17, 15) is 9.59 Å². The molecule has 0 bridgehead atoms. The van der Waals surface area contributed by atoms with Crippen LogP contribution in [0.2, 0.25) is 0 Å². The summed E-state index contributed by atoms with van der Waals surface area (Å²) >= 11 is 0. The number of nitrogens with zero attached hydrogens (tertiary/aromatic N) is 2. The van der Waals surface area contributed by atoms with Crippen molar-refractivity contribution in [2.75, 3.05) is 13.1 Å². The van der Waals surface area contributed by atoms with Crippen molar-refractivity contribution < 1.29 is 9.59 Å². The summed E-state index contributed by atoms with van der Waals surface area (Å²) in [5.74, 6) is 0.561. The Kier molecular flexibility index (Phi) is 5.31. The molecule has 2 amide bonds. The molecular formula is C27H33N3O2. The molecule has 2 heterocycles. The zero-order chi connectivity index (χ0) is 22.3. The van der Waals surface area contributed by atoms with Crippen molar-refractivity contribution in [3.63, 3.8) is 0 Å². The van der Waals surface area contributed by atoms with Crippen molar-refractivity contribution in [3.8, 4) is 11.1 Å². The lowest BCUT2D eigenvalue weighted by Crippen LogP contribution is -2.47. The summed E-state index contributed by atoms with van der Waals surface area (Å²) in [6.45, 7) is 5.20. The standard InChI is InChI=1S/C27H33N3O2/c1-19(2)29-25(32)27(11-13-30(18-27)24(31)23-16-26(23)9-5-10-26)15-20-6-3-7-21(14-20)22-8-4-12-28-17-22/h3-4,6-8,12,14,17,19,23H,5,9-11,13,15-16,18H2,1-2H3,(H,29,32)/t23-,27-/m0/s1. The van der Waals surface area contributed by atoms with Crippen LogP contribution in [0.5, 0.6) is 0 Å². The van der Waals surface area contributed by atoms with Crippen molar-refractivity contribution in [2.24, 2.45) is 16.7 Å². The second kappa shape index (κ2) is 8.02. The van der Waals surface area contributed by atoms with E-state index in [1.54, 1.807) is 6.20 Å². The molecule has 1 saturated heterocycles. The van der Waals surface area contributed by atoms with Crippen LogP contribution in [0.25, 0.3) is 11.1 Å². The Balaban J connectivity index is 1.37. The van der Waals surface area contributed by atoms with Crippen molar-refractivity contribution >= 4 is 11.8 Å². The largest absolute Gasteiger partial charge is 0.353 e. The quantitative estimate of drug-likeness (QED) is 0.745. The van der Waals surface area contributed by atoms with E-state index in [-0.39, 0.29) is 23.8 Å². The first-order valence-electron chi connectivity index (χ1n) is 12.0. The van der Waals surface area contributed by atoms with Crippen molar-refractivity contribution in [3.05, 3.63) is 54.4 Å². The highest BCUT2D eigenvalue weighted by atomic mass is 16.2. The number of aromatic nitrogens is 1. The van der Waals surface area contributed by atoms with Crippen LogP contribution >= 0.6 is 0 Å². The van der Waals surface area contributed by atoms with Gasteiger partial charge in [0.05, 0.1) is 5.41 Å². The van der Waals surface area contributed by atoms with E-state index >= 15 is 0 Å². The Hall–Kier alpha value is -2.69. The van der Waals surface area contributed by atoms with E-state index in [1.807, 2.05) is 37.1 Å². The number of amides is 2. The van der Waals surface area contributed by atoms with Crippen LogP contribution in [0, 0.1) is 16.7 Å². The van der Waals surface area contributed by atoms with E-state index in [4.69, 9.17) is 0 Å². The zero-order valence-corrected chi connectivity index (χ0v) is 19.1. The normalized spacial score (nSPS) is 25.6. The Morgan fingerprint density at radius 3 is 2.62 bits per heavy atom. The Labute approximate surface area is 190 Å². The van der Waals surface area contributed by atoms with Gasteiger partial charge in [0.25, 0.3) is 0 Å². The van der Waals surface area contributed by atoms with Gasteiger partial charge in [-0.05, 0) is 74.1 Å². The average Bonchev–Trinajstić information content (AvgIpc) is 3.40. The SMILES string of the molecule is CC(C)NC(=O)[C@]1(Cc2cccc(-c3cccnc3)c2)CCN(C(=O)[C@@H]2CC23CCC3)C1. The van der Waals surface area contributed by atoms with Gasteiger partial charge in [-0.2, -0.15) is 0 Å². The summed E-state index contributed by atoms with van der Waals surface area (Å²) in [7, 11) is 0. The summed E-state index contributed by atoms with van der Waals surface area (Å²) < 4.78 is 0. The first-order chi connectivity index (χ1) is 15.4. The van der Waals surface area contributed by atoms with Crippen molar-refractivity contribution in [1.82, 2.24) is 15.2 Å². The maximum atomic E-state index is 13.4. The summed E-state index contributed by atoms with van der Waals surface area (Å²) in [5, 5.41) is 3.15. The molecule has 1 spiro atoms. The Bertz CT molecular complexity index is 1010. The molecule has 5 nitrogen and oxygen atoms in total. The summed E-state index contributed by atoms with van der Waals surface area (Å²) in [4.78, 5) is 32.9. The van der Waals surface area contributed by atoms with E-state index in [1.165, 1.54) is 19.3 Å². The number of carbonyl (C=O) groups is 2. The third kappa shape index (κ3) is 3.82. The lowest BCUT2D eigenvalue weighted by molar-refractivity contribution is -0.135. The highest BCUT2D eigenvalue weighted by molar-refractivity contribution is 5.88. The maximum Gasteiger partial charge on any atom is 0.228 e. The predicted molar refractivity (Wildman–Crippen MR) is 125 cm³/mol. The Morgan fingerprint density at radius 1 is 1.16 bits per heavy atom. The zero-order valence-electron chi connectivity index (χ0n) is 19.1. The fourth-order valence-electron chi connectivity index (χ4n) is 5.77. The van der Waals surface area contributed by atoms with Gasteiger partial charge in [-0.15, -0.1) is 0 Å². The van der Waals surface area contributed by atoms with Crippen LogP contribution in [0.4, 0.5) is 0 Å². The highest BCUT2D eigenvalue weighted by Crippen LogP contribution is 2.66. The molecular weight excluding hydrogens is 398 g/mol. The topological polar surface area (TPSA) is 62.3 Å². The lowest BCUT2D eigenvalue weighted by atomic mass is 9.79. The van der Waals surface area contributed by atoms with Gasteiger partial charge < -0.3 is 10.2 Å². The predicted octanol–water partition coefficient (Wildman–Crippen LogP) is 4.22. The van der Waals surface area contributed by atoms with Gasteiger partial charge in [0.1, 0.15) is 0 Å². The number of benzene rings is 1. The van der Waals surface area contributed by atoms with Crippen LogP contribution in [0.15, 0.2) is 48.8 Å². The van der Waals surface area contributed by atoms with Crippen molar-refractivity contribution in [2.45, 2.75) is 58.4 Å². The molecule has 3 aliphatic rings. The molecule has 1 N–H and O–H groups in total. The molecule has 168 valence electrons. The van der Waals surface area contributed by atoms with Crippen LogP contribution < -0.4 is 5.32 Å². The number of hydrogen-bond acceptors (Lipinski definition) is 3. The van der Waals surface area contributed by atoms with Gasteiger partial charge in [0.15, 0.2) is 0 Å². The molecule has 32 heavy (non-hydrogen) atoms.